The van der Waals surface area contributed by atoms with Crippen LogP contribution in [0.25, 0.3) is 0 Å². The Balaban J connectivity index is 2.46. The summed E-state index contributed by atoms with van der Waals surface area (Å²) in [5.41, 5.74) is 1.44. The van der Waals surface area contributed by atoms with E-state index in [-0.39, 0.29) is 11.4 Å². The van der Waals surface area contributed by atoms with E-state index >= 15 is 0 Å². The summed E-state index contributed by atoms with van der Waals surface area (Å²) in [7, 11) is 0. The number of aliphatic hydroxyl groups is 1. The van der Waals surface area contributed by atoms with Crippen LogP contribution in [-0.2, 0) is 9.53 Å². The highest BCUT2D eigenvalue weighted by molar-refractivity contribution is 5.92. The Bertz CT molecular complexity index is 289. The van der Waals surface area contributed by atoms with Gasteiger partial charge in [-0.15, -0.1) is 0 Å². The van der Waals surface area contributed by atoms with Crippen molar-refractivity contribution in [3.05, 3.63) is 11.1 Å². The van der Waals surface area contributed by atoms with Gasteiger partial charge in [-0.2, -0.15) is 0 Å². The van der Waals surface area contributed by atoms with Gasteiger partial charge in [0.15, 0.2) is 0 Å². The Hall–Kier alpha value is -0.830. The summed E-state index contributed by atoms with van der Waals surface area (Å²) in [5.74, 6) is -0.324. The second kappa shape index (κ2) is 2.58. The molecule has 0 bridgehead atoms. The van der Waals surface area contributed by atoms with Crippen molar-refractivity contribution in [1.29, 1.82) is 0 Å². The van der Waals surface area contributed by atoms with Gasteiger partial charge in [-0.1, -0.05) is 13.8 Å². The number of ether oxygens (including phenoxy) is 1. The molecule has 1 aliphatic heterocycles. The largest absolute Gasteiger partial charge is 0.428 e. The van der Waals surface area contributed by atoms with Crippen LogP contribution in [0.15, 0.2) is 11.1 Å². The number of carbonyl (C=O) groups excluding carboxylic acids is 1. The second-order valence-corrected chi connectivity index (χ2v) is 4.39. The molecule has 1 heterocycles. The minimum absolute atomic E-state index is 0.0842. The Kier molecular flexibility index (Phi) is 1.74. The fourth-order valence-electron chi connectivity index (χ4n) is 2.31. The van der Waals surface area contributed by atoms with Crippen LogP contribution < -0.4 is 0 Å². The molecule has 0 aromatic rings. The molecule has 0 fully saturated rings. The lowest BCUT2D eigenvalue weighted by Gasteiger charge is -2.31. The van der Waals surface area contributed by atoms with Crippen molar-refractivity contribution in [3.63, 3.8) is 0 Å². The minimum Gasteiger partial charge on any atom is -0.428 e. The van der Waals surface area contributed by atoms with E-state index in [1.165, 1.54) is 0 Å². The van der Waals surface area contributed by atoms with Crippen molar-refractivity contribution in [2.24, 2.45) is 5.41 Å². The van der Waals surface area contributed by atoms with Crippen molar-refractivity contribution in [2.45, 2.75) is 39.4 Å². The zero-order valence-corrected chi connectivity index (χ0v) is 7.96. The minimum atomic E-state index is -0.988. The molecule has 0 aromatic heterocycles. The van der Waals surface area contributed by atoms with Crippen LogP contribution in [0.3, 0.4) is 0 Å². The number of hydrogen-bond acceptors (Lipinski definition) is 3. The summed E-state index contributed by atoms with van der Waals surface area (Å²) >= 11 is 0. The molecular weight excluding hydrogens is 168 g/mol. The maximum absolute atomic E-state index is 11.3. The Morgan fingerprint density at radius 2 is 2.23 bits per heavy atom. The summed E-state index contributed by atoms with van der Waals surface area (Å²) < 4.78 is 4.79. The lowest BCUT2D eigenvalue weighted by Crippen LogP contribution is -2.25. The van der Waals surface area contributed by atoms with Crippen LogP contribution in [0, 0.1) is 5.41 Å². The van der Waals surface area contributed by atoms with Crippen molar-refractivity contribution in [1.82, 2.24) is 0 Å². The molecule has 0 radical (unpaired) electrons. The van der Waals surface area contributed by atoms with Crippen LogP contribution in [-0.4, -0.2) is 17.4 Å². The first-order chi connectivity index (χ1) is 6.02. The molecule has 0 amide bonds. The zero-order valence-electron chi connectivity index (χ0n) is 7.96. The lowest BCUT2D eigenvalue weighted by atomic mass is 9.73. The highest BCUT2D eigenvalue weighted by Gasteiger charge is 2.43. The topological polar surface area (TPSA) is 46.5 Å². The fraction of sp³-hybridized carbons (Fsp3) is 0.700. The Morgan fingerprint density at radius 3 is 2.85 bits per heavy atom. The number of esters is 1. The molecule has 1 atom stereocenters. The molecule has 72 valence electrons. The third-order valence-electron chi connectivity index (χ3n) is 2.99. The van der Waals surface area contributed by atoms with Crippen molar-refractivity contribution >= 4 is 5.97 Å². The third-order valence-corrected chi connectivity index (χ3v) is 2.99. The van der Waals surface area contributed by atoms with E-state index in [2.05, 4.69) is 0 Å². The van der Waals surface area contributed by atoms with Gasteiger partial charge in [0.2, 0.25) is 6.29 Å². The first-order valence-corrected chi connectivity index (χ1v) is 4.65. The summed E-state index contributed by atoms with van der Waals surface area (Å²) in [6, 6.07) is 0. The number of hydrogen-bond donors (Lipinski definition) is 1. The maximum atomic E-state index is 11.3. The van der Waals surface area contributed by atoms with Gasteiger partial charge in [0.25, 0.3) is 0 Å². The second-order valence-electron chi connectivity index (χ2n) is 4.39. The third kappa shape index (κ3) is 1.18. The van der Waals surface area contributed by atoms with Crippen LogP contribution >= 0.6 is 0 Å². The van der Waals surface area contributed by atoms with E-state index < -0.39 is 6.29 Å². The van der Waals surface area contributed by atoms with Crippen molar-refractivity contribution in [2.75, 3.05) is 0 Å². The van der Waals surface area contributed by atoms with Gasteiger partial charge in [0.1, 0.15) is 0 Å². The van der Waals surface area contributed by atoms with Crippen LogP contribution in [0.4, 0.5) is 0 Å². The molecule has 2 rings (SSSR count). The first kappa shape index (κ1) is 8.75. The standard InChI is InChI=1S/C10H14O3/c1-10(2)5-3-4-6-7(10)9(12)13-8(6)11/h9,12H,3-5H2,1-2H3/t9-/m1/s1. The van der Waals surface area contributed by atoms with Gasteiger partial charge < -0.3 is 9.84 Å². The molecule has 13 heavy (non-hydrogen) atoms. The number of cyclic esters (lactones) is 1. The highest BCUT2D eigenvalue weighted by Crippen LogP contribution is 2.45. The number of rotatable bonds is 0. The molecule has 0 saturated carbocycles. The average Bonchev–Trinajstić information content (AvgIpc) is 2.27. The van der Waals surface area contributed by atoms with Gasteiger partial charge >= 0.3 is 5.97 Å². The molecule has 0 spiro atoms. The molecule has 0 saturated heterocycles. The van der Waals surface area contributed by atoms with Crippen LogP contribution in [0.5, 0.6) is 0 Å². The smallest absolute Gasteiger partial charge is 0.336 e. The van der Waals surface area contributed by atoms with E-state index in [0.717, 1.165) is 24.8 Å². The highest BCUT2D eigenvalue weighted by atomic mass is 16.6. The molecule has 3 nitrogen and oxygen atoms in total. The number of aliphatic hydroxyl groups excluding tert-OH is 1. The van der Waals surface area contributed by atoms with E-state index in [1.54, 1.807) is 0 Å². The number of carbonyl (C=O) groups is 1. The van der Waals surface area contributed by atoms with Gasteiger partial charge in [-0.05, 0) is 24.7 Å². The molecule has 0 unspecified atom stereocenters. The van der Waals surface area contributed by atoms with E-state index in [0.29, 0.717) is 5.57 Å². The molecule has 1 N–H and O–H groups in total. The van der Waals surface area contributed by atoms with E-state index in [9.17, 15) is 9.90 Å². The zero-order chi connectivity index (χ0) is 9.64. The van der Waals surface area contributed by atoms with Gasteiger partial charge in [-0.25, -0.2) is 4.79 Å². The predicted octanol–water partition coefficient (Wildman–Crippen LogP) is 1.37. The molecule has 1 aliphatic carbocycles. The fourth-order valence-corrected chi connectivity index (χ4v) is 2.31. The molecule has 0 aromatic carbocycles. The first-order valence-electron chi connectivity index (χ1n) is 4.65. The summed E-state index contributed by atoms with van der Waals surface area (Å²) in [4.78, 5) is 11.3. The van der Waals surface area contributed by atoms with Crippen LogP contribution in [0.2, 0.25) is 0 Å². The Morgan fingerprint density at radius 1 is 1.54 bits per heavy atom. The van der Waals surface area contributed by atoms with Gasteiger partial charge in [-0.3, -0.25) is 0 Å². The molecule has 2 aliphatic rings. The van der Waals surface area contributed by atoms with Crippen LogP contribution in [0.1, 0.15) is 33.1 Å². The monoisotopic (exact) mass is 182 g/mol. The quantitative estimate of drug-likeness (QED) is 0.575. The normalized spacial score (nSPS) is 31.6. The SMILES string of the molecule is CC1(C)CCCC2=C1[C@H](O)OC2=O. The summed E-state index contributed by atoms with van der Waals surface area (Å²) in [6.07, 6.45) is 1.79. The van der Waals surface area contributed by atoms with Crippen molar-refractivity contribution in [3.8, 4) is 0 Å². The molecule has 3 heteroatoms. The lowest BCUT2D eigenvalue weighted by molar-refractivity contribution is -0.152. The Labute approximate surface area is 77.4 Å². The average molecular weight is 182 g/mol. The molecular formula is C10H14O3. The maximum Gasteiger partial charge on any atom is 0.336 e. The van der Waals surface area contributed by atoms with Gasteiger partial charge in [0.05, 0.1) is 0 Å². The predicted molar refractivity (Wildman–Crippen MR) is 46.8 cm³/mol. The van der Waals surface area contributed by atoms with Gasteiger partial charge in [0, 0.05) is 11.1 Å². The van der Waals surface area contributed by atoms with E-state index in [4.69, 9.17) is 4.74 Å². The van der Waals surface area contributed by atoms with E-state index in [1.807, 2.05) is 13.8 Å². The summed E-state index contributed by atoms with van der Waals surface area (Å²) in [6.45, 7) is 4.10. The summed E-state index contributed by atoms with van der Waals surface area (Å²) in [5, 5.41) is 9.53. The van der Waals surface area contributed by atoms with Crippen molar-refractivity contribution < 1.29 is 14.6 Å².